The molecule has 0 heterocycles. The zero-order chi connectivity index (χ0) is 8.85. The minimum Gasteiger partial charge on any atom is -0.0828 e. The van der Waals surface area contributed by atoms with Crippen molar-refractivity contribution in [2.24, 2.45) is 11.8 Å². The fraction of sp³-hybridized carbons (Fsp3) is 0.818. The van der Waals surface area contributed by atoms with Crippen molar-refractivity contribution in [2.75, 3.05) is 0 Å². The molecule has 0 aromatic carbocycles. The number of rotatable bonds is 4. The van der Waals surface area contributed by atoms with E-state index < -0.39 is 0 Å². The zero-order valence-corrected chi connectivity index (χ0v) is 8.65. The van der Waals surface area contributed by atoms with E-state index in [0.717, 1.165) is 11.8 Å². The summed E-state index contributed by atoms with van der Waals surface area (Å²) in [6, 6.07) is 0. The largest absolute Gasteiger partial charge is 0.0828 e. The van der Waals surface area contributed by atoms with Gasteiger partial charge in [0.2, 0.25) is 0 Å². The van der Waals surface area contributed by atoms with Gasteiger partial charge in [-0.25, -0.2) is 0 Å². The molecule has 11 heavy (non-hydrogen) atoms. The first-order valence-electron chi connectivity index (χ1n) is 4.76. The molecule has 0 bridgehead atoms. The van der Waals surface area contributed by atoms with E-state index in [4.69, 9.17) is 0 Å². The SMILES string of the molecule is CCC(CC)C(C)C=C(C)C. The Labute approximate surface area is 71.7 Å². The van der Waals surface area contributed by atoms with Gasteiger partial charge in [0.15, 0.2) is 0 Å². The third-order valence-corrected chi connectivity index (χ3v) is 2.39. The second-order valence-corrected chi connectivity index (χ2v) is 3.68. The second kappa shape index (κ2) is 5.40. The molecule has 1 atom stereocenters. The van der Waals surface area contributed by atoms with Gasteiger partial charge >= 0.3 is 0 Å². The van der Waals surface area contributed by atoms with Crippen LogP contribution in [0.3, 0.4) is 0 Å². The molecular weight excluding hydrogens is 132 g/mol. The Kier molecular flexibility index (Phi) is 5.27. The Balaban J connectivity index is 3.98. The van der Waals surface area contributed by atoms with Crippen LogP contribution in [-0.2, 0) is 0 Å². The Hall–Kier alpha value is -0.260. The molecular formula is C11H22. The molecule has 66 valence electrons. The van der Waals surface area contributed by atoms with E-state index in [1.165, 1.54) is 18.4 Å². The van der Waals surface area contributed by atoms with Crippen molar-refractivity contribution in [2.45, 2.75) is 47.5 Å². The van der Waals surface area contributed by atoms with Gasteiger partial charge in [-0.05, 0) is 25.7 Å². The van der Waals surface area contributed by atoms with Gasteiger partial charge in [-0.2, -0.15) is 0 Å². The Morgan fingerprint density at radius 2 is 1.64 bits per heavy atom. The average molecular weight is 154 g/mol. The van der Waals surface area contributed by atoms with Crippen LogP contribution in [0, 0.1) is 11.8 Å². The quantitative estimate of drug-likeness (QED) is 0.536. The first kappa shape index (κ1) is 10.7. The molecule has 0 N–H and O–H groups in total. The molecule has 0 heteroatoms. The summed E-state index contributed by atoms with van der Waals surface area (Å²) in [6.07, 6.45) is 5.00. The smallest absolute Gasteiger partial charge is 0.0231 e. The van der Waals surface area contributed by atoms with Crippen LogP contribution >= 0.6 is 0 Å². The van der Waals surface area contributed by atoms with Gasteiger partial charge in [-0.3, -0.25) is 0 Å². The summed E-state index contributed by atoms with van der Waals surface area (Å²) in [7, 11) is 0. The van der Waals surface area contributed by atoms with Crippen LogP contribution in [-0.4, -0.2) is 0 Å². The van der Waals surface area contributed by atoms with Crippen molar-refractivity contribution in [1.29, 1.82) is 0 Å². The van der Waals surface area contributed by atoms with Crippen LogP contribution in [0.15, 0.2) is 11.6 Å². The molecule has 0 rings (SSSR count). The first-order valence-corrected chi connectivity index (χ1v) is 4.76. The van der Waals surface area contributed by atoms with E-state index in [1.807, 2.05) is 0 Å². The fourth-order valence-corrected chi connectivity index (χ4v) is 1.69. The van der Waals surface area contributed by atoms with E-state index in [9.17, 15) is 0 Å². The second-order valence-electron chi connectivity index (χ2n) is 3.68. The summed E-state index contributed by atoms with van der Waals surface area (Å²) in [5.74, 6) is 1.64. The summed E-state index contributed by atoms with van der Waals surface area (Å²) >= 11 is 0. The topological polar surface area (TPSA) is 0 Å². The fourth-order valence-electron chi connectivity index (χ4n) is 1.69. The Bertz CT molecular complexity index is 114. The predicted molar refractivity (Wildman–Crippen MR) is 52.7 cm³/mol. The predicted octanol–water partition coefficient (Wildman–Crippen LogP) is 4.02. The molecule has 0 aliphatic heterocycles. The molecule has 0 saturated carbocycles. The lowest BCUT2D eigenvalue weighted by Crippen LogP contribution is -2.07. The molecule has 0 radical (unpaired) electrons. The highest BCUT2D eigenvalue weighted by Gasteiger charge is 2.09. The van der Waals surface area contributed by atoms with Gasteiger partial charge in [-0.1, -0.05) is 45.3 Å². The van der Waals surface area contributed by atoms with Crippen molar-refractivity contribution in [3.8, 4) is 0 Å². The van der Waals surface area contributed by atoms with E-state index in [1.54, 1.807) is 0 Å². The average Bonchev–Trinajstić information content (AvgIpc) is 1.88. The van der Waals surface area contributed by atoms with Crippen LogP contribution in [0.4, 0.5) is 0 Å². The van der Waals surface area contributed by atoms with Crippen LogP contribution in [0.5, 0.6) is 0 Å². The van der Waals surface area contributed by atoms with Crippen molar-refractivity contribution in [3.05, 3.63) is 11.6 Å². The van der Waals surface area contributed by atoms with Crippen LogP contribution in [0.1, 0.15) is 47.5 Å². The van der Waals surface area contributed by atoms with Crippen LogP contribution in [0.25, 0.3) is 0 Å². The summed E-state index contributed by atoms with van der Waals surface area (Å²) in [5, 5.41) is 0. The summed E-state index contributed by atoms with van der Waals surface area (Å²) in [5.41, 5.74) is 1.45. The van der Waals surface area contributed by atoms with Crippen LogP contribution in [0.2, 0.25) is 0 Å². The standard InChI is InChI=1S/C11H22/c1-6-11(7-2)10(5)8-9(3)4/h8,10-11H,6-7H2,1-5H3. The van der Waals surface area contributed by atoms with Crippen molar-refractivity contribution in [3.63, 3.8) is 0 Å². The minimum atomic E-state index is 0.759. The van der Waals surface area contributed by atoms with E-state index >= 15 is 0 Å². The maximum atomic E-state index is 2.39. The third-order valence-electron chi connectivity index (χ3n) is 2.39. The van der Waals surface area contributed by atoms with Gasteiger partial charge in [0, 0.05) is 0 Å². The lowest BCUT2D eigenvalue weighted by molar-refractivity contribution is 0.393. The van der Waals surface area contributed by atoms with E-state index in [-0.39, 0.29) is 0 Å². The van der Waals surface area contributed by atoms with Gasteiger partial charge in [0.1, 0.15) is 0 Å². The van der Waals surface area contributed by atoms with Gasteiger partial charge in [-0.15, -0.1) is 0 Å². The molecule has 0 spiro atoms. The normalized spacial score (nSPS) is 13.3. The van der Waals surface area contributed by atoms with Crippen molar-refractivity contribution in [1.82, 2.24) is 0 Å². The highest BCUT2D eigenvalue weighted by atomic mass is 14.1. The Morgan fingerprint density at radius 3 is 1.91 bits per heavy atom. The van der Waals surface area contributed by atoms with Gasteiger partial charge in [0.25, 0.3) is 0 Å². The molecule has 0 aromatic heterocycles. The van der Waals surface area contributed by atoms with Crippen LogP contribution < -0.4 is 0 Å². The number of allylic oxidation sites excluding steroid dienone is 2. The highest BCUT2D eigenvalue weighted by molar-refractivity contribution is 4.97. The summed E-state index contributed by atoms with van der Waals surface area (Å²) < 4.78 is 0. The monoisotopic (exact) mass is 154 g/mol. The zero-order valence-electron chi connectivity index (χ0n) is 8.65. The number of hydrogen-bond donors (Lipinski definition) is 0. The molecule has 0 fully saturated rings. The molecule has 0 saturated heterocycles. The molecule has 0 aromatic rings. The first-order chi connectivity index (χ1) is 5.11. The van der Waals surface area contributed by atoms with E-state index in [0.29, 0.717) is 0 Å². The maximum absolute atomic E-state index is 2.39. The van der Waals surface area contributed by atoms with E-state index in [2.05, 4.69) is 40.7 Å². The molecule has 0 aliphatic carbocycles. The van der Waals surface area contributed by atoms with Crippen molar-refractivity contribution >= 4 is 0 Å². The van der Waals surface area contributed by atoms with Gasteiger partial charge in [0.05, 0.1) is 0 Å². The number of hydrogen-bond acceptors (Lipinski definition) is 0. The molecule has 1 unspecified atom stereocenters. The van der Waals surface area contributed by atoms with Gasteiger partial charge < -0.3 is 0 Å². The third kappa shape index (κ3) is 4.23. The Morgan fingerprint density at radius 1 is 1.18 bits per heavy atom. The highest BCUT2D eigenvalue weighted by Crippen LogP contribution is 2.21. The molecule has 0 nitrogen and oxygen atoms in total. The minimum absolute atomic E-state index is 0.759. The lowest BCUT2D eigenvalue weighted by atomic mass is 9.88. The lowest BCUT2D eigenvalue weighted by Gasteiger charge is -2.17. The van der Waals surface area contributed by atoms with Crippen molar-refractivity contribution < 1.29 is 0 Å². The molecule has 0 aliphatic rings. The maximum Gasteiger partial charge on any atom is -0.0231 e. The summed E-state index contributed by atoms with van der Waals surface area (Å²) in [4.78, 5) is 0. The summed E-state index contributed by atoms with van der Waals surface area (Å²) in [6.45, 7) is 11.2. The molecule has 0 amide bonds.